The minimum Gasteiger partial charge on any atom is -0.502 e. The number of nitrogens with zero attached hydrogens (tertiary/aromatic N) is 1. The van der Waals surface area contributed by atoms with E-state index < -0.39 is 0 Å². The topological polar surface area (TPSA) is 24.3 Å². The molecule has 2 heteroatoms. The maximum Gasteiger partial charge on any atom is 0.218 e. The number of hydrogen-bond donors (Lipinski definition) is 1. The largest absolute Gasteiger partial charge is 0.502 e. The van der Waals surface area contributed by atoms with E-state index in [4.69, 9.17) is 0 Å². The van der Waals surface area contributed by atoms with E-state index in [0.29, 0.717) is 5.75 Å². The number of rotatable bonds is 0. The summed E-state index contributed by atoms with van der Waals surface area (Å²) in [6.45, 7) is 2.03. The molecular weight excluding hydrogens is 198 g/mol. The maximum absolute atomic E-state index is 9.97. The average Bonchev–Trinajstić information content (AvgIpc) is 2.31. The molecule has 0 bridgehead atoms. The summed E-state index contributed by atoms with van der Waals surface area (Å²) in [6, 6.07) is 14.0. The van der Waals surface area contributed by atoms with Gasteiger partial charge in [-0.3, -0.25) is 0 Å². The molecule has 2 aromatic heterocycles. The predicted molar refractivity (Wildman–Crippen MR) is 63.5 cm³/mol. The molecule has 2 nitrogen and oxygen atoms in total. The Morgan fingerprint density at radius 2 is 1.69 bits per heavy atom. The van der Waals surface area contributed by atoms with E-state index in [9.17, 15) is 5.11 Å². The first-order valence-electron chi connectivity index (χ1n) is 5.29. The second kappa shape index (κ2) is 3.20. The molecule has 0 radical (unpaired) electrons. The van der Waals surface area contributed by atoms with Gasteiger partial charge in [-0.1, -0.05) is 18.2 Å². The van der Waals surface area contributed by atoms with Gasteiger partial charge in [-0.05, 0) is 12.1 Å². The smallest absolute Gasteiger partial charge is 0.218 e. The lowest BCUT2D eigenvalue weighted by molar-refractivity contribution is -0.519. The highest BCUT2D eigenvalue weighted by molar-refractivity contribution is 5.96. The minimum absolute atomic E-state index is 0.322. The quantitative estimate of drug-likeness (QED) is 0.447. The molecule has 0 fully saturated rings. The van der Waals surface area contributed by atoms with E-state index in [2.05, 4.69) is 6.07 Å². The van der Waals surface area contributed by atoms with Crippen LogP contribution in [0.15, 0.2) is 48.7 Å². The van der Waals surface area contributed by atoms with Crippen molar-refractivity contribution in [2.24, 2.45) is 0 Å². The number of benzene rings is 1. The third kappa shape index (κ3) is 1.16. The van der Waals surface area contributed by atoms with Gasteiger partial charge in [0.1, 0.15) is 0 Å². The number of aromatic nitrogens is 1. The molecule has 16 heavy (non-hydrogen) atoms. The van der Waals surface area contributed by atoms with Crippen LogP contribution in [-0.4, -0.2) is 5.11 Å². The highest BCUT2D eigenvalue weighted by Crippen LogP contribution is 2.25. The lowest BCUT2D eigenvalue weighted by Crippen LogP contribution is -2.25. The van der Waals surface area contributed by atoms with E-state index in [1.54, 1.807) is 6.20 Å². The van der Waals surface area contributed by atoms with Gasteiger partial charge in [0, 0.05) is 24.4 Å². The van der Waals surface area contributed by atoms with Gasteiger partial charge in [-0.25, -0.2) is 0 Å². The Morgan fingerprint density at radius 1 is 0.938 bits per heavy atom. The molecule has 3 rings (SSSR count). The Hall–Kier alpha value is -2.09. The monoisotopic (exact) mass is 210 g/mol. The fourth-order valence-electron chi connectivity index (χ4n) is 2.14. The molecule has 1 N–H and O–H groups in total. The first-order valence-corrected chi connectivity index (χ1v) is 5.29. The Labute approximate surface area is 93.4 Å². The van der Waals surface area contributed by atoms with Gasteiger partial charge < -0.3 is 5.11 Å². The molecule has 78 valence electrons. The normalized spacial score (nSPS) is 11.1. The van der Waals surface area contributed by atoms with Gasteiger partial charge in [0.15, 0.2) is 11.4 Å². The Kier molecular flexibility index (Phi) is 1.83. The average molecular weight is 210 g/mol. The van der Waals surface area contributed by atoms with Crippen LogP contribution in [0.4, 0.5) is 0 Å². The fraction of sp³-hybridized carbons (Fsp3) is 0.0714. The number of pyridine rings is 2. The molecule has 2 heterocycles. The highest BCUT2D eigenvalue weighted by Gasteiger charge is 2.13. The maximum atomic E-state index is 9.97. The summed E-state index contributed by atoms with van der Waals surface area (Å²) in [7, 11) is 0. The van der Waals surface area contributed by atoms with Crippen LogP contribution < -0.4 is 4.40 Å². The SMILES string of the molecule is Cc1cccc2c3ccccc3c(O)c[n+]12. The third-order valence-corrected chi connectivity index (χ3v) is 2.96. The van der Waals surface area contributed by atoms with Crippen LogP contribution in [0.25, 0.3) is 16.3 Å². The Morgan fingerprint density at radius 3 is 2.50 bits per heavy atom. The molecule has 0 aliphatic heterocycles. The molecule has 0 spiro atoms. The Bertz CT molecular complexity index is 683. The predicted octanol–water partition coefficient (Wildman–Crippen LogP) is 2.59. The third-order valence-electron chi connectivity index (χ3n) is 2.96. The van der Waals surface area contributed by atoms with Crippen LogP contribution in [0.3, 0.4) is 0 Å². The molecule has 0 saturated carbocycles. The van der Waals surface area contributed by atoms with Gasteiger partial charge >= 0.3 is 0 Å². The summed E-state index contributed by atoms with van der Waals surface area (Å²) in [5.41, 5.74) is 2.23. The van der Waals surface area contributed by atoms with Crippen molar-refractivity contribution in [3.05, 3.63) is 54.4 Å². The van der Waals surface area contributed by atoms with Crippen LogP contribution in [0.1, 0.15) is 5.69 Å². The molecule has 3 aromatic rings. The second-order valence-corrected chi connectivity index (χ2v) is 3.98. The van der Waals surface area contributed by atoms with Crippen molar-refractivity contribution in [2.75, 3.05) is 0 Å². The van der Waals surface area contributed by atoms with E-state index in [1.807, 2.05) is 47.7 Å². The summed E-state index contributed by atoms with van der Waals surface area (Å²) in [4.78, 5) is 0. The van der Waals surface area contributed by atoms with Crippen molar-refractivity contribution in [1.82, 2.24) is 0 Å². The minimum atomic E-state index is 0.322. The van der Waals surface area contributed by atoms with E-state index in [0.717, 1.165) is 22.0 Å². The van der Waals surface area contributed by atoms with Crippen molar-refractivity contribution in [3.8, 4) is 5.75 Å². The molecule has 0 aliphatic rings. The second-order valence-electron chi connectivity index (χ2n) is 3.98. The number of aryl methyl sites for hydroxylation is 1. The summed E-state index contributed by atoms with van der Waals surface area (Å²) in [6.07, 6.45) is 1.77. The van der Waals surface area contributed by atoms with Gasteiger partial charge in [-0.15, -0.1) is 0 Å². The van der Waals surface area contributed by atoms with Crippen molar-refractivity contribution in [1.29, 1.82) is 0 Å². The molecule has 0 amide bonds. The van der Waals surface area contributed by atoms with E-state index >= 15 is 0 Å². The fourth-order valence-corrected chi connectivity index (χ4v) is 2.14. The van der Waals surface area contributed by atoms with Crippen LogP contribution in [0.5, 0.6) is 5.75 Å². The van der Waals surface area contributed by atoms with Gasteiger partial charge in [0.2, 0.25) is 11.7 Å². The zero-order valence-corrected chi connectivity index (χ0v) is 9.01. The molecule has 0 atom stereocenters. The van der Waals surface area contributed by atoms with Crippen LogP contribution in [0.2, 0.25) is 0 Å². The van der Waals surface area contributed by atoms with Crippen LogP contribution in [-0.2, 0) is 0 Å². The zero-order valence-electron chi connectivity index (χ0n) is 9.01. The lowest BCUT2D eigenvalue weighted by atomic mass is 10.1. The molecule has 0 saturated heterocycles. The summed E-state index contributed by atoms with van der Waals surface area (Å²) in [5, 5.41) is 11.9. The van der Waals surface area contributed by atoms with Crippen LogP contribution in [0, 0.1) is 6.92 Å². The molecular formula is C14H12NO+. The van der Waals surface area contributed by atoms with Gasteiger partial charge in [-0.2, -0.15) is 4.40 Å². The summed E-state index contributed by atoms with van der Waals surface area (Å²) < 4.78 is 2.01. The zero-order chi connectivity index (χ0) is 11.1. The number of hydrogen-bond acceptors (Lipinski definition) is 1. The van der Waals surface area contributed by atoms with Gasteiger partial charge in [0.05, 0.1) is 5.39 Å². The van der Waals surface area contributed by atoms with Crippen molar-refractivity contribution >= 4 is 16.3 Å². The first-order chi connectivity index (χ1) is 7.77. The van der Waals surface area contributed by atoms with Gasteiger partial charge in [0.25, 0.3) is 0 Å². The summed E-state index contributed by atoms with van der Waals surface area (Å²) >= 11 is 0. The van der Waals surface area contributed by atoms with Crippen LogP contribution >= 0.6 is 0 Å². The standard InChI is InChI=1S/C14H11NO/c1-10-5-4-8-13-11-6-2-3-7-12(11)14(16)9-15(10)13/h2-9H,1H3/p+1. The molecule has 1 aromatic carbocycles. The highest BCUT2D eigenvalue weighted by atomic mass is 16.3. The van der Waals surface area contributed by atoms with E-state index in [-0.39, 0.29) is 0 Å². The molecule has 0 unspecified atom stereocenters. The van der Waals surface area contributed by atoms with Crippen molar-refractivity contribution in [3.63, 3.8) is 0 Å². The van der Waals surface area contributed by atoms with Crippen molar-refractivity contribution in [2.45, 2.75) is 6.92 Å². The number of aromatic hydroxyl groups is 1. The number of fused-ring (bicyclic) bond motifs is 3. The molecule has 0 aliphatic carbocycles. The van der Waals surface area contributed by atoms with E-state index in [1.165, 1.54) is 0 Å². The lowest BCUT2D eigenvalue weighted by Gasteiger charge is -2.01. The summed E-state index contributed by atoms with van der Waals surface area (Å²) in [5.74, 6) is 0.322. The van der Waals surface area contributed by atoms with Crippen molar-refractivity contribution < 1.29 is 9.51 Å². The Balaban J connectivity index is 2.64. The first kappa shape index (κ1) is 9.16.